The molecule has 0 aliphatic heterocycles. The Labute approximate surface area is 218 Å². The van der Waals surface area contributed by atoms with Gasteiger partial charge >= 0.3 is 0 Å². The molecule has 0 aliphatic carbocycles. The minimum absolute atomic E-state index is 0.0187. The fourth-order valence-electron chi connectivity index (χ4n) is 2.75. The van der Waals surface area contributed by atoms with E-state index in [2.05, 4.69) is 0 Å². The minimum atomic E-state index is -0.943. The standard InChI is InChI=1S/C32H26/c1-23-9-13-25(14-10-23)26-17-19-28(20-18-26)30-6-4-8-32(22-30)31-7-3-5-29(21-31)27-15-11-24(2)12-16-27/h3-22H,1-2H3/i3D,4D,5D,6D,7D,8D,9D,10D,11D,12D,13D,14D,15D,16D,17D,18D,19D,20D,21D,22D. The van der Waals surface area contributed by atoms with Crippen molar-refractivity contribution in [3.05, 3.63) is 132 Å². The molecular weight excluding hydrogens is 384 g/mol. The van der Waals surface area contributed by atoms with Crippen LogP contribution in [0.15, 0.2) is 121 Å². The molecule has 5 rings (SSSR count). The van der Waals surface area contributed by atoms with Crippen LogP contribution in [-0.2, 0) is 0 Å². The van der Waals surface area contributed by atoms with Gasteiger partial charge in [-0.3, -0.25) is 0 Å². The van der Waals surface area contributed by atoms with Crippen molar-refractivity contribution in [2.24, 2.45) is 0 Å². The summed E-state index contributed by atoms with van der Waals surface area (Å²) in [6.45, 7) is 2.67. The largest absolute Gasteiger partial charge is 0.0636 e. The van der Waals surface area contributed by atoms with Gasteiger partial charge in [0.2, 0.25) is 0 Å². The van der Waals surface area contributed by atoms with E-state index in [-0.39, 0.29) is 11.1 Å². The lowest BCUT2D eigenvalue weighted by Gasteiger charge is -2.10. The number of benzene rings is 5. The molecule has 32 heavy (non-hydrogen) atoms. The summed E-state index contributed by atoms with van der Waals surface area (Å²) in [6.07, 6.45) is 0. The Hall–Kier alpha value is -3.90. The van der Waals surface area contributed by atoms with E-state index in [1.807, 2.05) is 0 Å². The molecule has 0 saturated heterocycles. The quantitative estimate of drug-likeness (QED) is 0.267. The average Bonchev–Trinajstić information content (AvgIpc) is 3.11. The van der Waals surface area contributed by atoms with Crippen molar-refractivity contribution >= 4 is 0 Å². The first-order valence-electron chi connectivity index (χ1n) is 19.5. The summed E-state index contributed by atoms with van der Waals surface area (Å²) >= 11 is 0. The summed E-state index contributed by atoms with van der Waals surface area (Å²) in [7, 11) is 0. The van der Waals surface area contributed by atoms with Gasteiger partial charge in [0.1, 0.15) is 0 Å². The molecule has 0 spiro atoms. The highest BCUT2D eigenvalue weighted by atomic mass is 14.1. The molecule has 0 nitrogen and oxygen atoms in total. The van der Waals surface area contributed by atoms with Crippen LogP contribution >= 0.6 is 0 Å². The maximum Gasteiger partial charge on any atom is 0.0636 e. The van der Waals surface area contributed by atoms with Crippen LogP contribution in [0, 0.1) is 13.8 Å². The third kappa shape index (κ3) is 4.26. The Morgan fingerprint density at radius 2 is 0.594 bits per heavy atom. The second-order valence-electron chi connectivity index (χ2n) is 6.75. The van der Waals surface area contributed by atoms with Gasteiger partial charge in [-0.2, -0.15) is 0 Å². The van der Waals surface area contributed by atoms with Gasteiger partial charge in [-0.1, -0.05) is 120 Å². The summed E-state index contributed by atoms with van der Waals surface area (Å²) in [5.74, 6) is 0. The maximum atomic E-state index is 9.14. The SMILES string of the molecule is [2H]c1c([2H])c(-c2c([2H])c([2H])c(C)c([2H])c2[2H])c([2H])c(-c2c([2H])c([2H])c([2H])c(-c3c([2H])c([2H])c(-c4c([2H])c([2H])c(C)c([2H])c4[2H])c([2H])c3[2H])c2[2H])c1[2H]. The van der Waals surface area contributed by atoms with Crippen LogP contribution in [0.1, 0.15) is 38.5 Å². The van der Waals surface area contributed by atoms with E-state index in [1.54, 1.807) is 0 Å². The highest BCUT2D eigenvalue weighted by Gasteiger charge is 2.05. The van der Waals surface area contributed by atoms with Crippen LogP contribution in [0.3, 0.4) is 0 Å². The average molecular weight is 431 g/mol. The summed E-state index contributed by atoms with van der Waals surface area (Å²) in [5, 5.41) is 0. The maximum absolute atomic E-state index is 9.14. The van der Waals surface area contributed by atoms with E-state index in [1.165, 1.54) is 13.8 Å². The van der Waals surface area contributed by atoms with E-state index < -0.39 is 165 Å². The molecule has 0 fully saturated rings. The van der Waals surface area contributed by atoms with E-state index in [4.69, 9.17) is 27.4 Å². The normalized spacial score (nSPS) is 19.6. The van der Waals surface area contributed by atoms with Gasteiger partial charge < -0.3 is 0 Å². The molecule has 0 radical (unpaired) electrons. The van der Waals surface area contributed by atoms with Crippen LogP contribution in [0.25, 0.3) is 44.5 Å². The Balaban J connectivity index is 1.94. The molecule has 0 amide bonds. The van der Waals surface area contributed by atoms with Crippen LogP contribution in [-0.4, -0.2) is 0 Å². The van der Waals surface area contributed by atoms with Crippen molar-refractivity contribution < 1.29 is 27.4 Å². The van der Waals surface area contributed by atoms with E-state index in [9.17, 15) is 0 Å². The number of hydrogen-bond acceptors (Lipinski definition) is 0. The fraction of sp³-hybridized carbons (Fsp3) is 0.0625. The van der Waals surface area contributed by atoms with Gasteiger partial charge in [-0.05, 0) is 70.4 Å². The second-order valence-corrected chi connectivity index (χ2v) is 6.75. The van der Waals surface area contributed by atoms with Crippen LogP contribution in [0.2, 0.25) is 0 Å². The Morgan fingerprint density at radius 1 is 0.344 bits per heavy atom. The van der Waals surface area contributed by atoms with Crippen molar-refractivity contribution in [3.63, 3.8) is 0 Å². The van der Waals surface area contributed by atoms with Gasteiger partial charge in [-0.15, -0.1) is 0 Å². The molecule has 5 aromatic carbocycles. The molecule has 0 bridgehead atoms. The molecular formula is C32H26. The lowest BCUT2D eigenvalue weighted by atomic mass is 9.95. The van der Waals surface area contributed by atoms with Crippen LogP contribution < -0.4 is 0 Å². The van der Waals surface area contributed by atoms with E-state index in [0.29, 0.717) is 0 Å². The lowest BCUT2D eigenvalue weighted by Crippen LogP contribution is -1.84. The third-order valence-corrected chi connectivity index (χ3v) is 4.38. The molecule has 0 atom stereocenters. The van der Waals surface area contributed by atoms with Crippen molar-refractivity contribution in [3.8, 4) is 44.5 Å². The van der Waals surface area contributed by atoms with Gasteiger partial charge in [0.05, 0.1) is 27.4 Å². The smallest absolute Gasteiger partial charge is 0.0610 e. The summed E-state index contributed by atoms with van der Waals surface area (Å²) in [6, 6.07) is -15.3. The predicted molar refractivity (Wildman–Crippen MR) is 138 cm³/mol. The topological polar surface area (TPSA) is 0 Å². The first kappa shape index (κ1) is 7.60. The van der Waals surface area contributed by atoms with E-state index in [0.717, 1.165) is 0 Å². The number of rotatable bonds is 4. The number of hydrogen-bond donors (Lipinski definition) is 0. The summed E-state index contributed by atoms with van der Waals surface area (Å²) in [4.78, 5) is 0. The molecule has 0 saturated carbocycles. The first-order valence-corrected chi connectivity index (χ1v) is 9.50. The van der Waals surface area contributed by atoms with Crippen molar-refractivity contribution in [1.82, 2.24) is 0 Å². The Kier molecular flexibility index (Phi) is 2.06. The van der Waals surface area contributed by atoms with Crippen molar-refractivity contribution in [1.29, 1.82) is 0 Å². The zero-order chi connectivity index (χ0) is 39.3. The lowest BCUT2D eigenvalue weighted by molar-refractivity contribution is 1.47. The predicted octanol–water partition coefficient (Wildman–Crippen LogP) is 8.97. The van der Waals surface area contributed by atoms with Gasteiger partial charge in [-0.25, -0.2) is 0 Å². The van der Waals surface area contributed by atoms with Gasteiger partial charge in [0.25, 0.3) is 0 Å². The molecule has 5 aromatic rings. The minimum Gasteiger partial charge on any atom is -0.0610 e. The zero-order valence-electron chi connectivity index (χ0n) is 37.0. The first-order chi connectivity index (χ1) is 24.0. The zero-order valence-corrected chi connectivity index (χ0v) is 17.0. The summed E-state index contributed by atoms with van der Waals surface area (Å²) in [5.41, 5.74) is -5.34. The second kappa shape index (κ2) is 8.69. The molecule has 0 unspecified atom stereocenters. The fourth-order valence-corrected chi connectivity index (χ4v) is 2.75. The van der Waals surface area contributed by atoms with Crippen LogP contribution in [0.4, 0.5) is 0 Å². The van der Waals surface area contributed by atoms with E-state index >= 15 is 0 Å². The van der Waals surface area contributed by atoms with Crippen LogP contribution in [0.5, 0.6) is 0 Å². The molecule has 0 heterocycles. The Bertz CT molecular complexity index is 2340. The van der Waals surface area contributed by atoms with Gasteiger partial charge in [0.15, 0.2) is 0 Å². The molecule has 154 valence electrons. The van der Waals surface area contributed by atoms with Gasteiger partial charge in [0, 0.05) is 0 Å². The Morgan fingerprint density at radius 3 is 0.938 bits per heavy atom. The molecule has 0 aromatic heterocycles. The van der Waals surface area contributed by atoms with Crippen molar-refractivity contribution in [2.45, 2.75) is 13.8 Å². The molecule has 0 aliphatic rings. The highest BCUT2D eigenvalue weighted by molar-refractivity contribution is 5.78. The highest BCUT2D eigenvalue weighted by Crippen LogP contribution is 2.31. The molecule has 0 N–H and O–H groups in total. The van der Waals surface area contributed by atoms with Crippen molar-refractivity contribution in [2.75, 3.05) is 0 Å². The molecule has 0 heteroatoms. The monoisotopic (exact) mass is 430 g/mol. The third-order valence-electron chi connectivity index (χ3n) is 4.38. The summed E-state index contributed by atoms with van der Waals surface area (Å²) < 4.78 is 172.